The van der Waals surface area contributed by atoms with E-state index in [0.717, 1.165) is 45.3 Å². The Balaban J connectivity index is 2.37. The molecule has 0 aromatic carbocycles. The maximum atomic E-state index is 12.1. The summed E-state index contributed by atoms with van der Waals surface area (Å²) in [5, 5.41) is 3.04. The highest BCUT2D eigenvalue weighted by molar-refractivity contribution is 7.89. The average Bonchev–Trinajstić information content (AvgIpc) is 2.23. The molecule has 0 radical (unpaired) electrons. The standard InChI is InChI=1S/C12H26N2O2S/c1-13-9-5-8-12-17(15,16)14-10-6-3-2-4-7-11-14/h13H,2-12H2,1H3. The van der Waals surface area contributed by atoms with Crippen LogP contribution in [0.25, 0.3) is 0 Å². The van der Waals surface area contributed by atoms with Crippen LogP contribution in [0.3, 0.4) is 0 Å². The molecule has 1 aliphatic rings. The number of hydrogen-bond donors (Lipinski definition) is 1. The Kier molecular flexibility index (Phi) is 7.08. The first-order valence-electron chi connectivity index (χ1n) is 6.79. The highest BCUT2D eigenvalue weighted by atomic mass is 32.2. The quantitative estimate of drug-likeness (QED) is 0.739. The van der Waals surface area contributed by atoms with Crippen molar-refractivity contribution in [1.29, 1.82) is 0 Å². The molecule has 1 heterocycles. The van der Waals surface area contributed by atoms with Crippen LogP contribution in [-0.4, -0.2) is 45.2 Å². The van der Waals surface area contributed by atoms with Gasteiger partial charge < -0.3 is 5.32 Å². The largest absolute Gasteiger partial charge is 0.320 e. The van der Waals surface area contributed by atoms with Crippen molar-refractivity contribution in [3.05, 3.63) is 0 Å². The van der Waals surface area contributed by atoms with Gasteiger partial charge in [0.25, 0.3) is 0 Å². The van der Waals surface area contributed by atoms with Crippen LogP contribution in [0, 0.1) is 0 Å². The van der Waals surface area contributed by atoms with Crippen molar-refractivity contribution < 1.29 is 8.42 Å². The maximum absolute atomic E-state index is 12.1. The average molecular weight is 262 g/mol. The summed E-state index contributed by atoms with van der Waals surface area (Å²) in [7, 11) is -1.10. The minimum atomic E-state index is -3.00. The van der Waals surface area contributed by atoms with Gasteiger partial charge in [0.1, 0.15) is 0 Å². The Labute approximate surface area is 106 Å². The highest BCUT2D eigenvalue weighted by Gasteiger charge is 2.21. The van der Waals surface area contributed by atoms with Crippen LogP contribution in [0.4, 0.5) is 0 Å². The fraction of sp³-hybridized carbons (Fsp3) is 1.00. The van der Waals surface area contributed by atoms with E-state index in [1.165, 1.54) is 19.3 Å². The van der Waals surface area contributed by atoms with Gasteiger partial charge in [0, 0.05) is 13.1 Å². The molecule has 0 aliphatic carbocycles. The summed E-state index contributed by atoms with van der Waals surface area (Å²) in [4.78, 5) is 0. The molecular formula is C12H26N2O2S. The zero-order valence-electron chi connectivity index (χ0n) is 11.0. The Morgan fingerprint density at radius 2 is 1.59 bits per heavy atom. The second-order valence-electron chi connectivity index (χ2n) is 4.79. The molecule has 0 unspecified atom stereocenters. The molecule has 5 heteroatoms. The first kappa shape index (κ1) is 14.9. The Hall–Kier alpha value is -0.130. The molecule has 0 aromatic rings. The summed E-state index contributed by atoms with van der Waals surface area (Å²) in [5.41, 5.74) is 0. The molecule has 1 rings (SSSR count). The summed E-state index contributed by atoms with van der Waals surface area (Å²) in [5.74, 6) is 0.314. The topological polar surface area (TPSA) is 49.4 Å². The number of sulfonamides is 1. The third kappa shape index (κ3) is 5.84. The second kappa shape index (κ2) is 8.06. The van der Waals surface area contributed by atoms with E-state index in [1.807, 2.05) is 7.05 Å². The summed E-state index contributed by atoms with van der Waals surface area (Å²) < 4.78 is 26.0. The number of nitrogens with zero attached hydrogens (tertiary/aromatic N) is 1. The predicted molar refractivity (Wildman–Crippen MR) is 71.6 cm³/mol. The molecule has 1 N–H and O–H groups in total. The van der Waals surface area contributed by atoms with Gasteiger partial charge in [-0.15, -0.1) is 0 Å². The molecule has 0 aromatic heterocycles. The van der Waals surface area contributed by atoms with Gasteiger partial charge in [0.15, 0.2) is 0 Å². The lowest BCUT2D eigenvalue weighted by Crippen LogP contribution is -2.35. The number of nitrogens with one attached hydrogen (secondary N) is 1. The van der Waals surface area contributed by atoms with Crippen LogP contribution in [0.15, 0.2) is 0 Å². The Morgan fingerprint density at radius 1 is 1.00 bits per heavy atom. The third-order valence-electron chi connectivity index (χ3n) is 3.29. The number of hydrogen-bond acceptors (Lipinski definition) is 3. The van der Waals surface area contributed by atoms with E-state index < -0.39 is 10.0 Å². The molecular weight excluding hydrogens is 236 g/mol. The van der Waals surface area contributed by atoms with Gasteiger partial charge >= 0.3 is 0 Å². The van der Waals surface area contributed by atoms with Crippen LogP contribution in [0.1, 0.15) is 44.9 Å². The molecule has 0 amide bonds. The predicted octanol–water partition coefficient (Wildman–Crippen LogP) is 1.58. The van der Waals surface area contributed by atoms with Crippen molar-refractivity contribution in [3.8, 4) is 0 Å². The molecule has 0 bridgehead atoms. The van der Waals surface area contributed by atoms with Crippen molar-refractivity contribution in [1.82, 2.24) is 9.62 Å². The van der Waals surface area contributed by atoms with Crippen molar-refractivity contribution in [2.45, 2.75) is 44.9 Å². The molecule has 1 fully saturated rings. The minimum Gasteiger partial charge on any atom is -0.320 e. The molecule has 102 valence electrons. The van der Waals surface area contributed by atoms with E-state index >= 15 is 0 Å². The van der Waals surface area contributed by atoms with Crippen LogP contribution >= 0.6 is 0 Å². The monoisotopic (exact) mass is 262 g/mol. The summed E-state index contributed by atoms with van der Waals surface area (Å²) in [6.07, 6.45) is 7.35. The molecule has 1 saturated heterocycles. The molecule has 1 aliphatic heterocycles. The summed E-state index contributed by atoms with van der Waals surface area (Å²) in [6, 6.07) is 0. The van der Waals surface area contributed by atoms with Gasteiger partial charge in [-0.2, -0.15) is 0 Å². The van der Waals surface area contributed by atoms with E-state index in [9.17, 15) is 8.42 Å². The van der Waals surface area contributed by atoms with E-state index in [-0.39, 0.29) is 0 Å². The van der Waals surface area contributed by atoms with Crippen molar-refractivity contribution in [3.63, 3.8) is 0 Å². The number of unbranched alkanes of at least 4 members (excludes halogenated alkanes) is 1. The van der Waals surface area contributed by atoms with E-state index in [4.69, 9.17) is 0 Å². The van der Waals surface area contributed by atoms with Gasteiger partial charge in [-0.05, 0) is 39.3 Å². The summed E-state index contributed by atoms with van der Waals surface area (Å²) >= 11 is 0. The molecule has 0 atom stereocenters. The Bertz CT molecular complexity index is 283. The minimum absolute atomic E-state index is 0.314. The van der Waals surface area contributed by atoms with Crippen LogP contribution in [0.5, 0.6) is 0 Å². The smallest absolute Gasteiger partial charge is 0.214 e. The maximum Gasteiger partial charge on any atom is 0.214 e. The van der Waals surface area contributed by atoms with Gasteiger partial charge in [0.2, 0.25) is 10.0 Å². The van der Waals surface area contributed by atoms with Crippen molar-refractivity contribution >= 4 is 10.0 Å². The van der Waals surface area contributed by atoms with Crippen molar-refractivity contribution in [2.24, 2.45) is 0 Å². The SMILES string of the molecule is CNCCCCS(=O)(=O)N1CCCCCCC1. The Morgan fingerprint density at radius 3 is 2.18 bits per heavy atom. The molecule has 0 saturated carbocycles. The molecule has 0 spiro atoms. The molecule has 4 nitrogen and oxygen atoms in total. The van der Waals surface area contributed by atoms with Crippen LogP contribution in [-0.2, 0) is 10.0 Å². The van der Waals surface area contributed by atoms with Crippen LogP contribution in [0.2, 0.25) is 0 Å². The lowest BCUT2D eigenvalue weighted by molar-refractivity contribution is 0.363. The van der Waals surface area contributed by atoms with Gasteiger partial charge in [-0.3, -0.25) is 0 Å². The van der Waals surface area contributed by atoms with Gasteiger partial charge in [-0.25, -0.2) is 12.7 Å². The van der Waals surface area contributed by atoms with Crippen molar-refractivity contribution in [2.75, 3.05) is 32.4 Å². The van der Waals surface area contributed by atoms with Crippen LogP contribution < -0.4 is 5.32 Å². The van der Waals surface area contributed by atoms with E-state index in [2.05, 4.69) is 5.32 Å². The first-order valence-corrected chi connectivity index (χ1v) is 8.40. The normalized spacial score (nSPS) is 19.8. The van der Waals surface area contributed by atoms with Gasteiger partial charge in [-0.1, -0.05) is 19.3 Å². The highest BCUT2D eigenvalue weighted by Crippen LogP contribution is 2.14. The zero-order chi connectivity index (χ0) is 12.6. The fourth-order valence-electron chi connectivity index (χ4n) is 2.21. The number of rotatable bonds is 6. The fourth-order valence-corrected chi connectivity index (χ4v) is 3.85. The van der Waals surface area contributed by atoms with Gasteiger partial charge in [0.05, 0.1) is 5.75 Å². The zero-order valence-corrected chi connectivity index (χ0v) is 11.8. The van der Waals surface area contributed by atoms with E-state index in [1.54, 1.807) is 4.31 Å². The third-order valence-corrected chi connectivity index (χ3v) is 5.24. The first-order chi connectivity index (χ1) is 8.17. The second-order valence-corrected chi connectivity index (χ2v) is 6.88. The van der Waals surface area contributed by atoms with E-state index in [0.29, 0.717) is 5.75 Å². The lowest BCUT2D eigenvalue weighted by atomic mass is 10.1. The lowest BCUT2D eigenvalue weighted by Gasteiger charge is -2.24. The summed E-state index contributed by atoms with van der Waals surface area (Å²) in [6.45, 7) is 2.36. The molecule has 17 heavy (non-hydrogen) atoms.